The number of anilines is 1. The third kappa shape index (κ3) is 3.01. The van der Waals surface area contributed by atoms with E-state index in [0.29, 0.717) is 0 Å². The first-order valence-electron chi connectivity index (χ1n) is 6.85. The average Bonchev–Trinajstić information content (AvgIpc) is 2.74. The first-order valence-corrected chi connectivity index (χ1v) is 6.85. The summed E-state index contributed by atoms with van der Waals surface area (Å²) in [5, 5.41) is 7.92. The van der Waals surface area contributed by atoms with Crippen molar-refractivity contribution in [2.45, 2.75) is 27.2 Å². The maximum Gasteiger partial charge on any atom is 0.161 e. The lowest BCUT2D eigenvalue weighted by molar-refractivity contribution is 0.152. The number of H-pyrrole nitrogens is 1. The van der Waals surface area contributed by atoms with Gasteiger partial charge in [-0.15, -0.1) is 0 Å². The fourth-order valence-electron chi connectivity index (χ4n) is 2.13. The van der Waals surface area contributed by atoms with E-state index < -0.39 is 0 Å². The number of aromatic amines is 1. The van der Waals surface area contributed by atoms with Gasteiger partial charge < -0.3 is 9.64 Å². The Labute approximate surface area is 113 Å². The second kappa shape index (κ2) is 6.47. The average molecular weight is 263 g/mol. The zero-order valence-electron chi connectivity index (χ0n) is 11.8. The van der Waals surface area contributed by atoms with Crippen molar-refractivity contribution in [3.05, 3.63) is 12.0 Å². The Balaban J connectivity index is 0.000000637. The molecule has 0 bridgehead atoms. The van der Waals surface area contributed by atoms with E-state index >= 15 is 0 Å². The van der Waals surface area contributed by atoms with Gasteiger partial charge in [0.25, 0.3) is 0 Å². The molecule has 1 saturated heterocycles. The molecule has 2 aromatic rings. The number of aromatic nitrogens is 4. The van der Waals surface area contributed by atoms with Gasteiger partial charge in [0.1, 0.15) is 11.6 Å². The van der Waals surface area contributed by atoms with E-state index in [0.717, 1.165) is 55.4 Å². The molecule has 3 rings (SSSR count). The molecular weight excluding hydrogens is 242 g/mol. The van der Waals surface area contributed by atoms with Crippen molar-refractivity contribution in [2.24, 2.45) is 0 Å². The maximum atomic E-state index is 5.46. The van der Waals surface area contributed by atoms with Crippen LogP contribution in [0.15, 0.2) is 6.20 Å². The highest BCUT2D eigenvalue weighted by molar-refractivity contribution is 5.86. The van der Waals surface area contributed by atoms with E-state index in [1.807, 2.05) is 20.8 Å². The van der Waals surface area contributed by atoms with Gasteiger partial charge in [0.2, 0.25) is 0 Å². The van der Waals surface area contributed by atoms with Gasteiger partial charge in [-0.2, -0.15) is 5.10 Å². The zero-order chi connectivity index (χ0) is 13.7. The van der Waals surface area contributed by atoms with Gasteiger partial charge in [0, 0.05) is 19.7 Å². The van der Waals surface area contributed by atoms with Crippen LogP contribution in [0.25, 0.3) is 11.0 Å². The van der Waals surface area contributed by atoms with Gasteiger partial charge in [-0.25, -0.2) is 9.97 Å². The molecule has 1 N–H and O–H groups in total. The molecule has 0 aliphatic carbocycles. The van der Waals surface area contributed by atoms with Crippen LogP contribution >= 0.6 is 0 Å². The van der Waals surface area contributed by atoms with Crippen LogP contribution < -0.4 is 4.90 Å². The second-order valence-corrected chi connectivity index (χ2v) is 4.18. The monoisotopic (exact) mass is 263 g/mol. The summed E-state index contributed by atoms with van der Waals surface area (Å²) in [6.07, 6.45) is 2.82. The molecule has 6 heteroatoms. The van der Waals surface area contributed by atoms with Crippen molar-refractivity contribution in [3.8, 4) is 0 Å². The van der Waals surface area contributed by atoms with Gasteiger partial charge >= 0.3 is 0 Å². The van der Waals surface area contributed by atoms with E-state index in [9.17, 15) is 0 Å². The Hall–Kier alpha value is -1.69. The predicted octanol–water partition coefficient (Wildman–Crippen LogP) is 1.91. The minimum absolute atomic E-state index is 0.752. The Bertz CT molecular complexity index is 517. The molecule has 6 nitrogen and oxygen atoms in total. The van der Waals surface area contributed by atoms with Gasteiger partial charge in [-0.1, -0.05) is 13.8 Å². The fourth-order valence-corrected chi connectivity index (χ4v) is 2.13. The molecule has 0 aromatic carbocycles. The predicted molar refractivity (Wildman–Crippen MR) is 75.4 cm³/mol. The van der Waals surface area contributed by atoms with E-state index in [4.69, 9.17) is 4.74 Å². The van der Waals surface area contributed by atoms with Crippen molar-refractivity contribution in [3.63, 3.8) is 0 Å². The van der Waals surface area contributed by atoms with Crippen molar-refractivity contribution in [1.29, 1.82) is 0 Å². The molecule has 104 valence electrons. The van der Waals surface area contributed by atoms with Crippen molar-refractivity contribution in [1.82, 2.24) is 20.2 Å². The summed E-state index contributed by atoms with van der Waals surface area (Å²) in [4.78, 5) is 11.1. The molecule has 0 unspecified atom stereocenters. The molecule has 0 saturated carbocycles. The molecule has 1 fully saturated rings. The first kappa shape index (κ1) is 13.7. The molecule has 0 radical (unpaired) electrons. The molecule has 2 aromatic heterocycles. The number of hydrogen-bond acceptors (Lipinski definition) is 5. The summed E-state index contributed by atoms with van der Waals surface area (Å²) in [5.41, 5.74) is 0.803. The fraction of sp³-hybridized carbons (Fsp3) is 0.615. The van der Waals surface area contributed by atoms with E-state index in [1.54, 1.807) is 6.20 Å². The third-order valence-corrected chi connectivity index (χ3v) is 2.92. The normalized spacial score (nSPS) is 15.8. The number of nitrogens with zero attached hydrogens (tertiary/aromatic N) is 4. The lowest BCUT2D eigenvalue weighted by atomic mass is 10.3. The van der Waals surface area contributed by atoms with E-state index in [-0.39, 0.29) is 0 Å². The maximum absolute atomic E-state index is 5.46. The Morgan fingerprint density at radius 1 is 1.21 bits per heavy atom. The molecule has 19 heavy (non-hydrogen) atoms. The number of fused-ring (bicyclic) bond motifs is 1. The molecule has 1 aliphatic rings. The van der Waals surface area contributed by atoms with Crippen molar-refractivity contribution < 1.29 is 4.74 Å². The van der Waals surface area contributed by atoms with Crippen LogP contribution in [0, 0.1) is 6.92 Å². The first-order chi connectivity index (χ1) is 9.34. The molecular formula is C13H21N5O. The number of aryl methyl sites for hydroxylation is 1. The minimum Gasteiger partial charge on any atom is -0.380 e. The highest BCUT2D eigenvalue weighted by Crippen LogP contribution is 2.22. The molecule has 0 amide bonds. The van der Waals surface area contributed by atoms with Gasteiger partial charge in [0.15, 0.2) is 5.65 Å². The van der Waals surface area contributed by atoms with Gasteiger partial charge in [0.05, 0.1) is 18.2 Å². The van der Waals surface area contributed by atoms with Crippen LogP contribution in [0.4, 0.5) is 5.82 Å². The third-order valence-electron chi connectivity index (χ3n) is 2.92. The second-order valence-electron chi connectivity index (χ2n) is 4.18. The zero-order valence-corrected chi connectivity index (χ0v) is 11.8. The summed E-state index contributed by atoms with van der Waals surface area (Å²) in [5.74, 6) is 1.73. The number of nitrogens with one attached hydrogen (secondary N) is 1. The highest BCUT2D eigenvalue weighted by atomic mass is 16.5. The van der Waals surface area contributed by atoms with Crippen LogP contribution in [-0.2, 0) is 4.74 Å². The highest BCUT2D eigenvalue weighted by Gasteiger charge is 2.16. The summed E-state index contributed by atoms with van der Waals surface area (Å²) in [6, 6.07) is 0. The molecule has 0 atom stereocenters. The van der Waals surface area contributed by atoms with Crippen molar-refractivity contribution in [2.75, 3.05) is 31.2 Å². The Morgan fingerprint density at radius 3 is 2.89 bits per heavy atom. The summed E-state index contributed by atoms with van der Waals surface area (Å²) >= 11 is 0. The Kier molecular flexibility index (Phi) is 4.68. The van der Waals surface area contributed by atoms with Crippen LogP contribution in [0.3, 0.4) is 0 Å². The summed E-state index contributed by atoms with van der Waals surface area (Å²) in [6.45, 7) is 9.32. The lowest BCUT2D eigenvalue weighted by Gasteiger charge is -2.21. The van der Waals surface area contributed by atoms with Crippen LogP contribution in [0.1, 0.15) is 26.1 Å². The van der Waals surface area contributed by atoms with Gasteiger partial charge in [-0.05, 0) is 13.3 Å². The standard InChI is InChI=1S/C11H15N5O.C2H6/c1-8-13-10-9(7-12-15-10)11(14-8)16-3-2-5-17-6-4-16;1-2/h7H,2-6H2,1H3,(H,12,13,14,15);1-2H3. The van der Waals surface area contributed by atoms with Crippen LogP contribution in [-0.4, -0.2) is 46.5 Å². The van der Waals surface area contributed by atoms with Crippen molar-refractivity contribution >= 4 is 16.9 Å². The topological polar surface area (TPSA) is 66.9 Å². The SMILES string of the molecule is CC.Cc1nc(N2CCCOCC2)c2cn[nH]c2n1. The lowest BCUT2D eigenvalue weighted by Crippen LogP contribution is -2.27. The number of rotatable bonds is 1. The largest absolute Gasteiger partial charge is 0.380 e. The quantitative estimate of drug-likeness (QED) is 0.851. The minimum atomic E-state index is 0.752. The molecule has 1 aliphatic heterocycles. The van der Waals surface area contributed by atoms with Crippen LogP contribution in [0.5, 0.6) is 0 Å². The molecule has 0 spiro atoms. The van der Waals surface area contributed by atoms with E-state index in [2.05, 4.69) is 25.1 Å². The number of hydrogen-bond donors (Lipinski definition) is 1. The molecule has 3 heterocycles. The summed E-state index contributed by atoms with van der Waals surface area (Å²) in [7, 11) is 0. The summed E-state index contributed by atoms with van der Waals surface area (Å²) < 4.78 is 5.46. The number of ether oxygens (including phenoxy) is 1. The van der Waals surface area contributed by atoms with Crippen LogP contribution in [0.2, 0.25) is 0 Å². The van der Waals surface area contributed by atoms with Gasteiger partial charge in [-0.3, -0.25) is 5.10 Å². The Morgan fingerprint density at radius 2 is 2.05 bits per heavy atom. The smallest absolute Gasteiger partial charge is 0.161 e. The van der Waals surface area contributed by atoms with E-state index in [1.165, 1.54) is 0 Å².